The second kappa shape index (κ2) is 11.7. The summed E-state index contributed by atoms with van der Waals surface area (Å²) in [6.07, 6.45) is 3.68. The van der Waals surface area contributed by atoms with Crippen LogP contribution >= 0.6 is 15.9 Å². The zero-order valence-electron chi connectivity index (χ0n) is 21.9. The molecule has 1 amide bonds. The third-order valence-electron chi connectivity index (χ3n) is 7.03. The van der Waals surface area contributed by atoms with Gasteiger partial charge in [-0.05, 0) is 77.7 Å². The molecule has 1 aliphatic heterocycles. The van der Waals surface area contributed by atoms with Gasteiger partial charge in [0.05, 0.1) is 18.2 Å². The van der Waals surface area contributed by atoms with Gasteiger partial charge in [0.2, 0.25) is 0 Å². The summed E-state index contributed by atoms with van der Waals surface area (Å²) in [7, 11) is 1.58. The molecule has 0 saturated heterocycles. The van der Waals surface area contributed by atoms with Crippen LogP contribution in [0.2, 0.25) is 0 Å². The molecule has 0 bridgehead atoms. The summed E-state index contributed by atoms with van der Waals surface area (Å²) in [5.74, 6) is 1.98. The Morgan fingerprint density at radius 2 is 1.62 bits per heavy atom. The minimum absolute atomic E-state index is 0.00999. The molecule has 0 radical (unpaired) electrons. The summed E-state index contributed by atoms with van der Waals surface area (Å²) in [4.78, 5) is 38.9. The number of benzene rings is 2. The second-order valence-corrected chi connectivity index (χ2v) is 10.4. The maximum absolute atomic E-state index is 13.1. The van der Waals surface area contributed by atoms with Gasteiger partial charge in [-0.15, -0.1) is 0 Å². The lowest BCUT2D eigenvalue weighted by atomic mass is 9.73. The van der Waals surface area contributed by atoms with Gasteiger partial charge in [0, 0.05) is 48.4 Å². The average Bonchev–Trinajstić information content (AvgIpc) is 2.92. The van der Waals surface area contributed by atoms with E-state index < -0.39 is 5.92 Å². The van der Waals surface area contributed by atoms with Crippen molar-refractivity contribution in [2.75, 3.05) is 25.6 Å². The van der Waals surface area contributed by atoms with Crippen LogP contribution in [0, 0.1) is 0 Å². The molecule has 9 heteroatoms. The van der Waals surface area contributed by atoms with Crippen LogP contribution in [0.15, 0.2) is 63.5 Å². The summed E-state index contributed by atoms with van der Waals surface area (Å²) >= 11 is 3.59. The molecule has 0 aromatic heterocycles. The first-order valence-electron chi connectivity index (χ1n) is 13.1. The van der Waals surface area contributed by atoms with Crippen LogP contribution in [0.4, 0.5) is 5.69 Å². The number of anilines is 1. The Kier molecular flexibility index (Phi) is 8.07. The lowest BCUT2D eigenvalue weighted by Crippen LogP contribution is -2.30. The van der Waals surface area contributed by atoms with Gasteiger partial charge < -0.3 is 24.3 Å². The van der Waals surface area contributed by atoms with Gasteiger partial charge in [-0.3, -0.25) is 14.4 Å². The Balaban J connectivity index is 1.44. The Labute approximate surface area is 235 Å². The van der Waals surface area contributed by atoms with E-state index in [1.54, 1.807) is 37.4 Å². The van der Waals surface area contributed by atoms with Gasteiger partial charge in [-0.25, -0.2) is 0 Å². The Morgan fingerprint density at radius 1 is 0.974 bits per heavy atom. The van der Waals surface area contributed by atoms with E-state index in [0.717, 1.165) is 18.4 Å². The molecule has 2 aromatic rings. The highest BCUT2D eigenvalue weighted by molar-refractivity contribution is 9.10. The minimum atomic E-state index is -0.521. The molecule has 0 spiro atoms. The number of methoxy groups -OCH3 is 1. The van der Waals surface area contributed by atoms with Crippen molar-refractivity contribution in [3.05, 3.63) is 69.1 Å². The standard InChI is InChI=1S/C30H30BrNO7/c1-3-37-25-15-17(14-20(31)30(25)38-16-26(35)32-18-10-12-19(36-2)13-11-18)27-28-21(33)6-4-8-23(28)39-24-9-5-7-22(34)29(24)27/h10-15,27H,3-9,16H2,1-2H3,(H,32,35). The molecule has 0 atom stereocenters. The van der Waals surface area contributed by atoms with Gasteiger partial charge in [-0.2, -0.15) is 0 Å². The van der Waals surface area contributed by atoms with Crippen molar-refractivity contribution >= 4 is 39.1 Å². The van der Waals surface area contributed by atoms with Crippen LogP contribution in [0.5, 0.6) is 17.2 Å². The van der Waals surface area contributed by atoms with Crippen LogP contribution in [0.25, 0.3) is 0 Å². The van der Waals surface area contributed by atoms with Gasteiger partial charge in [0.25, 0.3) is 5.91 Å². The average molecular weight is 596 g/mol. The SMILES string of the molecule is CCOc1cc(C2C3=C(CCCC3=O)OC3=C2C(=O)CCC3)cc(Br)c1OCC(=O)Nc1ccc(OC)cc1. The number of carbonyl (C=O) groups is 3. The number of amides is 1. The number of hydrogen-bond acceptors (Lipinski definition) is 7. The van der Waals surface area contributed by atoms with Crippen molar-refractivity contribution in [2.45, 2.75) is 51.4 Å². The fourth-order valence-corrected chi connectivity index (χ4v) is 5.89. The van der Waals surface area contributed by atoms with E-state index in [1.807, 2.05) is 13.0 Å². The normalized spacial score (nSPS) is 17.3. The molecular formula is C30H30BrNO7. The van der Waals surface area contributed by atoms with Crippen molar-refractivity contribution < 1.29 is 33.3 Å². The minimum Gasteiger partial charge on any atom is -0.497 e. The van der Waals surface area contributed by atoms with Crippen LogP contribution in [0.1, 0.15) is 56.9 Å². The number of hydrogen-bond donors (Lipinski definition) is 1. The highest BCUT2D eigenvalue weighted by Crippen LogP contribution is 2.50. The summed E-state index contributed by atoms with van der Waals surface area (Å²) in [5, 5.41) is 2.79. The lowest BCUT2D eigenvalue weighted by molar-refractivity contribution is -0.119. The van der Waals surface area contributed by atoms with Crippen molar-refractivity contribution in [2.24, 2.45) is 0 Å². The molecule has 0 unspecified atom stereocenters. The smallest absolute Gasteiger partial charge is 0.262 e. The summed E-state index contributed by atoms with van der Waals surface area (Å²) in [6.45, 7) is 1.96. The van der Waals surface area contributed by atoms with E-state index >= 15 is 0 Å². The third-order valence-corrected chi connectivity index (χ3v) is 7.62. The second-order valence-electron chi connectivity index (χ2n) is 9.59. The molecule has 0 fully saturated rings. The molecule has 2 aromatic carbocycles. The third kappa shape index (κ3) is 5.59. The molecule has 3 aliphatic rings. The zero-order valence-corrected chi connectivity index (χ0v) is 23.5. The molecule has 0 saturated carbocycles. The highest BCUT2D eigenvalue weighted by atomic mass is 79.9. The molecule has 39 heavy (non-hydrogen) atoms. The molecule has 204 valence electrons. The zero-order chi connectivity index (χ0) is 27.5. The fourth-order valence-electron chi connectivity index (χ4n) is 5.32. The number of ether oxygens (including phenoxy) is 4. The van der Waals surface area contributed by atoms with Gasteiger partial charge in [-0.1, -0.05) is 0 Å². The molecule has 1 N–H and O–H groups in total. The number of Topliss-reactive ketones (excluding diaryl/α,β-unsaturated/α-hetero) is 2. The van der Waals surface area contributed by atoms with Crippen LogP contribution in [0.3, 0.4) is 0 Å². The molecule has 5 rings (SSSR count). The molecular weight excluding hydrogens is 566 g/mol. The largest absolute Gasteiger partial charge is 0.497 e. The number of allylic oxidation sites excluding steroid dienone is 4. The van der Waals surface area contributed by atoms with E-state index in [-0.39, 0.29) is 24.1 Å². The molecule has 2 aliphatic carbocycles. The molecule has 8 nitrogen and oxygen atoms in total. The van der Waals surface area contributed by atoms with Crippen molar-refractivity contribution in [3.8, 4) is 17.2 Å². The monoisotopic (exact) mass is 595 g/mol. The highest BCUT2D eigenvalue weighted by Gasteiger charge is 2.42. The van der Waals surface area contributed by atoms with Crippen LogP contribution in [-0.2, 0) is 19.1 Å². The first kappa shape index (κ1) is 27.0. The Bertz CT molecular complexity index is 1330. The topological polar surface area (TPSA) is 100 Å². The maximum Gasteiger partial charge on any atom is 0.262 e. The van der Waals surface area contributed by atoms with Crippen LogP contribution in [-0.4, -0.2) is 37.8 Å². The Hall–Kier alpha value is -3.59. The fraction of sp³-hybridized carbons (Fsp3) is 0.367. The quantitative estimate of drug-likeness (QED) is 0.399. The summed E-state index contributed by atoms with van der Waals surface area (Å²) in [5.41, 5.74) is 2.49. The van der Waals surface area contributed by atoms with Crippen molar-refractivity contribution in [1.82, 2.24) is 0 Å². The van der Waals surface area contributed by atoms with Crippen molar-refractivity contribution in [1.29, 1.82) is 0 Å². The van der Waals surface area contributed by atoms with E-state index in [4.69, 9.17) is 18.9 Å². The lowest BCUT2D eigenvalue weighted by Gasteiger charge is -2.36. The van der Waals surface area contributed by atoms with Crippen LogP contribution < -0.4 is 19.5 Å². The van der Waals surface area contributed by atoms with E-state index in [1.165, 1.54) is 0 Å². The predicted molar refractivity (Wildman–Crippen MR) is 148 cm³/mol. The number of halogens is 1. The Morgan fingerprint density at radius 3 is 2.21 bits per heavy atom. The van der Waals surface area contributed by atoms with E-state index in [2.05, 4.69) is 21.2 Å². The first-order valence-corrected chi connectivity index (χ1v) is 13.9. The van der Waals surface area contributed by atoms with Gasteiger partial charge in [0.15, 0.2) is 29.7 Å². The molecule has 1 heterocycles. The van der Waals surface area contributed by atoms with E-state index in [9.17, 15) is 14.4 Å². The number of nitrogens with one attached hydrogen (secondary N) is 1. The van der Waals surface area contributed by atoms with Crippen molar-refractivity contribution in [3.63, 3.8) is 0 Å². The first-order chi connectivity index (χ1) is 18.9. The summed E-state index contributed by atoms with van der Waals surface area (Å²) < 4.78 is 23.7. The van der Waals surface area contributed by atoms with E-state index in [0.29, 0.717) is 82.4 Å². The summed E-state index contributed by atoms with van der Waals surface area (Å²) in [6, 6.07) is 10.6. The van der Waals surface area contributed by atoms with Gasteiger partial charge in [0.1, 0.15) is 17.3 Å². The number of carbonyl (C=O) groups excluding carboxylic acids is 3. The van der Waals surface area contributed by atoms with Gasteiger partial charge >= 0.3 is 0 Å². The number of rotatable bonds is 8. The predicted octanol–water partition coefficient (Wildman–Crippen LogP) is 6.00. The maximum atomic E-state index is 13.1. The number of ketones is 2.